The van der Waals surface area contributed by atoms with E-state index < -0.39 is 23.6 Å². The molecular formula is C12H14NO4+. The van der Waals surface area contributed by atoms with E-state index in [1.165, 1.54) is 19.1 Å². The molecular weight excluding hydrogens is 222 g/mol. The van der Waals surface area contributed by atoms with E-state index in [0.29, 0.717) is 12.0 Å². The fraction of sp³-hybridized carbons (Fsp3) is 0.250. The van der Waals surface area contributed by atoms with Gasteiger partial charge < -0.3 is 10.8 Å². The standard InChI is InChI=1S/C12H13NO4/c1-7(14)11(15)9-4-2-8(3-5-9)6-10(13)12(16)17/h2-5,10H,6,13H2,1H3,(H,16,17)/p+1. The lowest BCUT2D eigenvalue weighted by Gasteiger charge is -2.04. The number of carboxylic acids is 1. The Hall–Kier alpha value is -2.01. The summed E-state index contributed by atoms with van der Waals surface area (Å²) in [4.78, 5) is 32.8. The third-order valence-corrected chi connectivity index (χ3v) is 2.37. The van der Waals surface area contributed by atoms with E-state index in [9.17, 15) is 14.4 Å². The van der Waals surface area contributed by atoms with Gasteiger partial charge in [-0.05, 0) is 5.56 Å². The van der Waals surface area contributed by atoms with Crippen LogP contribution in [0.2, 0.25) is 0 Å². The molecule has 1 aromatic carbocycles. The number of hydrogen-bond donors (Lipinski definition) is 2. The Kier molecular flexibility index (Phi) is 4.12. The number of rotatable bonds is 5. The van der Waals surface area contributed by atoms with Crippen molar-refractivity contribution in [2.75, 3.05) is 0 Å². The summed E-state index contributed by atoms with van der Waals surface area (Å²) >= 11 is 0. The Bertz CT molecular complexity index is 450. The Labute approximate surface area is 98.2 Å². The van der Waals surface area contributed by atoms with E-state index in [1.54, 1.807) is 12.1 Å². The van der Waals surface area contributed by atoms with Crippen LogP contribution >= 0.6 is 0 Å². The number of carboxylic acid groups (broad SMARTS) is 1. The quantitative estimate of drug-likeness (QED) is 0.541. The van der Waals surface area contributed by atoms with Crippen LogP contribution in [0.3, 0.4) is 0 Å². The molecule has 5 heteroatoms. The van der Waals surface area contributed by atoms with E-state index in [0.717, 1.165) is 5.56 Å². The molecule has 4 N–H and O–H groups in total. The van der Waals surface area contributed by atoms with Crippen molar-refractivity contribution in [1.29, 1.82) is 0 Å². The Balaban J connectivity index is 2.78. The summed E-state index contributed by atoms with van der Waals surface area (Å²) in [5.74, 6) is -2.02. The predicted octanol–water partition coefficient (Wildman–Crippen LogP) is -0.304. The van der Waals surface area contributed by atoms with Crippen molar-refractivity contribution in [2.45, 2.75) is 19.4 Å². The molecule has 0 aliphatic rings. The molecule has 0 amide bonds. The molecule has 5 nitrogen and oxygen atoms in total. The molecule has 1 atom stereocenters. The van der Waals surface area contributed by atoms with E-state index in [2.05, 4.69) is 5.73 Å². The van der Waals surface area contributed by atoms with Gasteiger partial charge in [-0.3, -0.25) is 9.59 Å². The van der Waals surface area contributed by atoms with Gasteiger partial charge in [-0.1, -0.05) is 24.3 Å². The maximum atomic E-state index is 11.3. The van der Waals surface area contributed by atoms with Crippen LogP contribution in [0, 0.1) is 0 Å². The van der Waals surface area contributed by atoms with Gasteiger partial charge in [-0.15, -0.1) is 0 Å². The van der Waals surface area contributed by atoms with Crippen molar-refractivity contribution in [3.8, 4) is 0 Å². The Morgan fingerprint density at radius 3 is 2.18 bits per heavy atom. The van der Waals surface area contributed by atoms with Gasteiger partial charge in [-0.25, -0.2) is 4.79 Å². The molecule has 1 aromatic rings. The van der Waals surface area contributed by atoms with Gasteiger partial charge in [0.1, 0.15) is 0 Å². The minimum Gasteiger partial charge on any atom is -0.477 e. The van der Waals surface area contributed by atoms with Crippen LogP contribution in [0.5, 0.6) is 0 Å². The fourth-order valence-electron chi connectivity index (χ4n) is 1.37. The molecule has 0 heterocycles. The second-order valence-electron chi connectivity index (χ2n) is 3.82. The van der Waals surface area contributed by atoms with Crippen LogP contribution in [0.25, 0.3) is 0 Å². The first-order valence-corrected chi connectivity index (χ1v) is 5.12. The van der Waals surface area contributed by atoms with Gasteiger partial charge >= 0.3 is 5.97 Å². The molecule has 17 heavy (non-hydrogen) atoms. The van der Waals surface area contributed by atoms with Crippen molar-refractivity contribution in [3.63, 3.8) is 0 Å². The lowest BCUT2D eigenvalue weighted by Crippen LogP contribution is -2.65. The first-order chi connectivity index (χ1) is 7.91. The summed E-state index contributed by atoms with van der Waals surface area (Å²) in [6.07, 6.45) is 0.296. The van der Waals surface area contributed by atoms with Gasteiger partial charge in [0, 0.05) is 18.9 Å². The number of hydrogen-bond acceptors (Lipinski definition) is 3. The monoisotopic (exact) mass is 236 g/mol. The van der Waals surface area contributed by atoms with Crippen molar-refractivity contribution in [2.24, 2.45) is 0 Å². The smallest absolute Gasteiger partial charge is 0.362 e. The van der Waals surface area contributed by atoms with Crippen LogP contribution in [-0.4, -0.2) is 28.7 Å². The summed E-state index contributed by atoms with van der Waals surface area (Å²) in [6, 6.07) is 5.60. The van der Waals surface area contributed by atoms with Gasteiger partial charge in [0.05, 0.1) is 0 Å². The fourth-order valence-corrected chi connectivity index (χ4v) is 1.37. The summed E-state index contributed by atoms with van der Waals surface area (Å²) in [5, 5.41) is 8.70. The third-order valence-electron chi connectivity index (χ3n) is 2.37. The summed E-state index contributed by atoms with van der Waals surface area (Å²) in [5.41, 5.74) is 4.59. The van der Waals surface area contributed by atoms with Crippen LogP contribution in [-0.2, 0) is 16.0 Å². The lowest BCUT2D eigenvalue weighted by molar-refractivity contribution is -0.407. The minimum atomic E-state index is -0.964. The second kappa shape index (κ2) is 5.36. The molecule has 0 saturated heterocycles. The number of carbonyl (C=O) groups is 3. The summed E-state index contributed by atoms with van der Waals surface area (Å²) in [7, 11) is 0. The largest absolute Gasteiger partial charge is 0.477 e. The average Bonchev–Trinajstić information content (AvgIpc) is 2.28. The number of carbonyl (C=O) groups excluding carboxylic acids is 2. The van der Waals surface area contributed by atoms with E-state index in [4.69, 9.17) is 5.11 Å². The average molecular weight is 236 g/mol. The maximum Gasteiger partial charge on any atom is 0.362 e. The summed E-state index contributed by atoms with van der Waals surface area (Å²) < 4.78 is 0. The van der Waals surface area contributed by atoms with Crippen LogP contribution in [0.15, 0.2) is 24.3 Å². The second-order valence-corrected chi connectivity index (χ2v) is 3.82. The van der Waals surface area contributed by atoms with E-state index in [1.807, 2.05) is 0 Å². The van der Waals surface area contributed by atoms with Crippen molar-refractivity contribution in [3.05, 3.63) is 35.4 Å². The highest BCUT2D eigenvalue weighted by Gasteiger charge is 2.16. The molecule has 0 radical (unpaired) electrons. The molecule has 1 rings (SSSR count). The normalized spacial score (nSPS) is 11.9. The lowest BCUT2D eigenvalue weighted by atomic mass is 10.0. The minimum absolute atomic E-state index is 0.296. The Morgan fingerprint density at radius 1 is 1.24 bits per heavy atom. The number of ketones is 2. The third kappa shape index (κ3) is 3.49. The molecule has 0 spiro atoms. The van der Waals surface area contributed by atoms with Gasteiger partial charge in [0.25, 0.3) is 0 Å². The topological polar surface area (TPSA) is 99.1 Å². The summed E-state index contributed by atoms with van der Waals surface area (Å²) in [6.45, 7) is 1.21. The molecule has 0 aliphatic carbocycles. The highest BCUT2D eigenvalue weighted by atomic mass is 16.4. The zero-order valence-corrected chi connectivity index (χ0v) is 9.47. The predicted molar refractivity (Wildman–Crippen MR) is 59.5 cm³/mol. The van der Waals surface area contributed by atoms with Crippen molar-refractivity contribution >= 4 is 17.5 Å². The SMILES string of the molecule is CC(=O)C(=O)c1ccc(CC([NH3+])C(=O)O)cc1. The Morgan fingerprint density at radius 2 is 1.76 bits per heavy atom. The van der Waals surface area contributed by atoms with Gasteiger partial charge in [0.15, 0.2) is 11.8 Å². The zero-order valence-electron chi connectivity index (χ0n) is 9.47. The first kappa shape index (κ1) is 13.1. The number of quaternary nitrogens is 1. The highest BCUT2D eigenvalue weighted by Crippen LogP contribution is 2.07. The molecule has 0 saturated carbocycles. The number of Topliss-reactive ketones (excluding diaryl/α,β-unsaturated/α-hetero) is 2. The molecule has 1 unspecified atom stereocenters. The number of aliphatic carboxylic acids is 1. The highest BCUT2D eigenvalue weighted by molar-refractivity contribution is 6.42. The van der Waals surface area contributed by atoms with E-state index in [-0.39, 0.29) is 0 Å². The molecule has 0 bridgehead atoms. The zero-order chi connectivity index (χ0) is 13.0. The van der Waals surface area contributed by atoms with E-state index >= 15 is 0 Å². The van der Waals surface area contributed by atoms with Crippen molar-refractivity contribution < 1.29 is 25.2 Å². The first-order valence-electron chi connectivity index (χ1n) is 5.12. The van der Waals surface area contributed by atoms with Crippen molar-refractivity contribution in [1.82, 2.24) is 0 Å². The van der Waals surface area contributed by atoms with Crippen LogP contribution in [0.4, 0.5) is 0 Å². The molecule has 0 aliphatic heterocycles. The number of benzene rings is 1. The van der Waals surface area contributed by atoms with Gasteiger partial charge in [0.2, 0.25) is 5.78 Å². The van der Waals surface area contributed by atoms with Gasteiger partial charge in [-0.2, -0.15) is 0 Å². The molecule has 90 valence electrons. The van der Waals surface area contributed by atoms with Crippen LogP contribution in [0.1, 0.15) is 22.8 Å². The molecule has 0 aromatic heterocycles. The maximum absolute atomic E-state index is 11.3. The van der Waals surface area contributed by atoms with Crippen LogP contribution < -0.4 is 5.73 Å². The molecule has 0 fully saturated rings.